The van der Waals surface area contributed by atoms with E-state index in [4.69, 9.17) is 4.74 Å². The first kappa shape index (κ1) is 89.8. The molecule has 1 heterocycles. The molecule has 564 valence electrons. The number of aliphatic hydroxyl groups is 2. The molecular formula is C72H132N12O14. The van der Waals surface area contributed by atoms with Gasteiger partial charge in [-0.1, -0.05) is 123 Å². The van der Waals surface area contributed by atoms with Crippen LogP contribution < -0.4 is 21.3 Å². The van der Waals surface area contributed by atoms with Crippen LogP contribution in [0, 0.1) is 47.3 Å². The van der Waals surface area contributed by atoms with Gasteiger partial charge in [-0.05, 0) is 114 Å². The van der Waals surface area contributed by atoms with E-state index < -0.39 is 161 Å². The normalized spacial score (nSPS) is 26.0. The zero-order valence-corrected chi connectivity index (χ0v) is 65.1. The summed E-state index contributed by atoms with van der Waals surface area (Å²) in [4.78, 5) is 175. The average Bonchev–Trinajstić information content (AvgIpc) is 0.806. The van der Waals surface area contributed by atoms with E-state index >= 15 is 33.6 Å². The van der Waals surface area contributed by atoms with Crippen LogP contribution in [0.15, 0.2) is 12.2 Å². The standard InChI is InChI=1S/C72H132N12O14/c1-29-31-32-48(17)59(85)58-63(89)75-51(30-2)65(91)83(28)71(98-34-33-84(39-44(9)10)40-45(11)12)70(96)80(25)55(38-72(20,21)97)62(88)76-56(46(13)14)68(94)77(22)52(35-41(3)4)61(87)73-49(18)60(86)74-50(19)64(90)78(23)53(36-42(5)6)66(92)79(24)54(37-43(7)8)67(93)81(26)57(47(15)16)69(95)82(58)27/h29,31,41-59,71,85,97H,30,32-40H2,1-28H3,(H,73,87)(H,74,86)(H,75,89)(H,76,88)/b31-29+/t48-,49+,50-,51+,52+,53+,54+,55+,56+,57+,58+,59-,71-/m1/s1. The highest BCUT2D eigenvalue weighted by Crippen LogP contribution is 2.27. The molecule has 26 nitrogen and oxygen atoms in total. The molecule has 0 saturated carbocycles. The van der Waals surface area contributed by atoms with Crippen molar-refractivity contribution >= 4 is 65.0 Å². The van der Waals surface area contributed by atoms with Crippen LogP contribution in [0.1, 0.15) is 184 Å². The molecule has 0 radical (unpaired) electrons. The molecular weight excluding hydrogens is 1260 g/mol. The molecule has 13 atom stereocenters. The number of hydrogen-bond acceptors (Lipinski definition) is 15. The Morgan fingerprint density at radius 2 is 0.929 bits per heavy atom. The number of rotatable bonds is 23. The summed E-state index contributed by atoms with van der Waals surface area (Å²) in [5.41, 5.74) is -1.63. The van der Waals surface area contributed by atoms with Crippen molar-refractivity contribution in [1.29, 1.82) is 0 Å². The Balaban J connectivity index is 4.65. The van der Waals surface area contributed by atoms with Crippen LogP contribution in [-0.4, -0.2) is 268 Å². The lowest BCUT2D eigenvalue weighted by atomic mass is 9.91. The Bertz CT molecular complexity index is 2650. The summed E-state index contributed by atoms with van der Waals surface area (Å²) in [6.07, 6.45) is 0.385. The van der Waals surface area contributed by atoms with E-state index in [-0.39, 0.29) is 74.7 Å². The van der Waals surface area contributed by atoms with Crippen LogP contribution in [0.25, 0.3) is 0 Å². The fourth-order valence-corrected chi connectivity index (χ4v) is 12.5. The van der Waals surface area contributed by atoms with Crippen LogP contribution in [0.3, 0.4) is 0 Å². The van der Waals surface area contributed by atoms with Crippen molar-refractivity contribution in [3.8, 4) is 0 Å². The molecule has 98 heavy (non-hydrogen) atoms. The second-order valence-corrected chi connectivity index (χ2v) is 30.9. The van der Waals surface area contributed by atoms with Gasteiger partial charge >= 0.3 is 0 Å². The minimum atomic E-state index is -1.78. The average molecular weight is 1390 g/mol. The molecule has 6 N–H and O–H groups in total. The highest BCUT2D eigenvalue weighted by Gasteiger charge is 2.47. The number of ether oxygens (including phenoxy) is 1. The van der Waals surface area contributed by atoms with E-state index in [9.17, 15) is 29.4 Å². The van der Waals surface area contributed by atoms with Crippen molar-refractivity contribution < 1.29 is 67.7 Å². The number of aliphatic hydroxyl groups excluding tert-OH is 1. The van der Waals surface area contributed by atoms with Gasteiger partial charge < -0.3 is 75.4 Å². The number of amides is 11. The highest BCUT2D eigenvalue weighted by molar-refractivity contribution is 6.00. The first-order valence-electron chi connectivity index (χ1n) is 35.6. The first-order valence-corrected chi connectivity index (χ1v) is 35.6. The molecule has 1 aliphatic heterocycles. The lowest BCUT2D eigenvalue weighted by Gasteiger charge is -2.41. The second kappa shape index (κ2) is 40.9. The van der Waals surface area contributed by atoms with Crippen LogP contribution in [0.2, 0.25) is 0 Å². The van der Waals surface area contributed by atoms with Gasteiger partial charge in [-0.15, -0.1) is 0 Å². The highest BCUT2D eigenvalue weighted by atomic mass is 16.5. The molecule has 0 bridgehead atoms. The first-order chi connectivity index (χ1) is 45.1. The maximum atomic E-state index is 15.5. The number of allylic oxidation sites excluding steroid dienone is 2. The van der Waals surface area contributed by atoms with Crippen molar-refractivity contribution in [2.24, 2.45) is 47.3 Å². The molecule has 0 unspecified atom stereocenters. The summed E-state index contributed by atoms with van der Waals surface area (Å²) < 4.78 is 6.48. The predicted molar refractivity (Wildman–Crippen MR) is 381 cm³/mol. The van der Waals surface area contributed by atoms with Gasteiger partial charge in [0.2, 0.25) is 65.3 Å². The summed E-state index contributed by atoms with van der Waals surface area (Å²) in [5, 5.41) is 34.8. The molecule has 1 rings (SSSR count). The number of nitrogens with zero attached hydrogens (tertiary/aromatic N) is 8. The Labute approximate surface area is 588 Å². The molecule has 0 aromatic rings. The lowest BCUT2D eigenvalue weighted by Crippen LogP contribution is -2.64. The molecule has 1 saturated heterocycles. The minimum absolute atomic E-state index is 0.0797. The van der Waals surface area contributed by atoms with Crippen molar-refractivity contribution in [2.45, 2.75) is 262 Å². The zero-order valence-electron chi connectivity index (χ0n) is 65.1. The molecule has 0 spiro atoms. The monoisotopic (exact) mass is 1390 g/mol. The Morgan fingerprint density at radius 1 is 0.490 bits per heavy atom. The Hall–Kier alpha value is -6.25. The summed E-state index contributed by atoms with van der Waals surface area (Å²) in [6, 6.07) is -13.4. The van der Waals surface area contributed by atoms with E-state index in [0.717, 1.165) is 14.7 Å². The molecule has 1 fully saturated rings. The van der Waals surface area contributed by atoms with Crippen molar-refractivity contribution in [1.82, 2.24) is 60.5 Å². The minimum Gasteiger partial charge on any atom is -0.390 e. The molecule has 1 aliphatic rings. The zero-order chi connectivity index (χ0) is 76.0. The largest absolute Gasteiger partial charge is 0.390 e. The van der Waals surface area contributed by atoms with Crippen molar-refractivity contribution in [3.05, 3.63) is 12.2 Å². The van der Waals surface area contributed by atoms with Crippen LogP contribution >= 0.6 is 0 Å². The fraction of sp³-hybridized carbons (Fsp3) is 0.819. The Kier molecular flexibility index (Phi) is 37.4. The van der Waals surface area contributed by atoms with E-state index in [1.54, 1.807) is 60.6 Å². The SMILES string of the molecule is C/C=C/C[C@@H](C)[C@@H](O)[C@H]1C(=O)N[C@@H](CC)C(=O)N(C)[C@H](OCCN(CC(C)C)CC(C)C)C(=O)N(C)[C@@H](CC(C)(C)O)C(=O)N[C@@H](C(C)C)C(=O)N(C)[C@@H](CC(C)C)C(=O)N[C@@H](C)C(=O)N[C@H](C)C(=O)N(C)[C@@H](CC(C)C)C(=O)N(C)[C@@H](CC(C)C)C(=O)N(C)[C@@H](C(C)C)C(=O)N1C. The van der Waals surface area contributed by atoms with Gasteiger partial charge in [-0.25, -0.2) is 0 Å². The van der Waals surface area contributed by atoms with Gasteiger partial charge in [0.1, 0.15) is 60.4 Å². The molecule has 0 aromatic heterocycles. The number of carbonyl (C=O) groups is 11. The van der Waals surface area contributed by atoms with Crippen LogP contribution in [0.4, 0.5) is 0 Å². The summed E-state index contributed by atoms with van der Waals surface area (Å²) in [5.74, 6) is -10.3. The van der Waals surface area contributed by atoms with Crippen LogP contribution in [-0.2, 0) is 57.5 Å². The van der Waals surface area contributed by atoms with E-state index in [0.29, 0.717) is 19.6 Å². The molecule has 0 aliphatic carbocycles. The van der Waals surface area contributed by atoms with E-state index in [1.165, 1.54) is 96.6 Å². The third kappa shape index (κ3) is 26.7. The predicted octanol–water partition coefficient (Wildman–Crippen LogP) is 4.34. The maximum absolute atomic E-state index is 15.5. The number of hydrogen-bond donors (Lipinski definition) is 6. The third-order valence-electron chi connectivity index (χ3n) is 18.1. The molecule has 0 aromatic carbocycles. The molecule has 26 heteroatoms. The smallest absolute Gasteiger partial charge is 0.273 e. The van der Waals surface area contributed by atoms with Crippen LogP contribution in [0.5, 0.6) is 0 Å². The van der Waals surface area contributed by atoms with Gasteiger partial charge in [-0.3, -0.25) is 52.7 Å². The quantitative estimate of drug-likeness (QED) is 0.0776. The number of nitrogens with one attached hydrogen (secondary N) is 4. The summed E-state index contributed by atoms with van der Waals surface area (Å²) >= 11 is 0. The lowest BCUT2D eigenvalue weighted by molar-refractivity contribution is -0.169. The number of likely N-dealkylation sites (N-methyl/N-ethyl adjacent to an activating group) is 7. The third-order valence-corrected chi connectivity index (χ3v) is 18.1. The van der Waals surface area contributed by atoms with Crippen molar-refractivity contribution in [3.63, 3.8) is 0 Å². The topological polar surface area (TPSA) is 312 Å². The maximum Gasteiger partial charge on any atom is 0.273 e. The molecule has 11 amide bonds. The fourth-order valence-electron chi connectivity index (χ4n) is 12.5. The number of carbonyl (C=O) groups excluding carboxylic acids is 11. The van der Waals surface area contributed by atoms with Crippen molar-refractivity contribution in [2.75, 3.05) is 75.6 Å². The Morgan fingerprint density at radius 3 is 1.38 bits per heavy atom. The van der Waals surface area contributed by atoms with Gasteiger partial charge in [0.15, 0.2) is 0 Å². The van der Waals surface area contributed by atoms with Gasteiger partial charge in [0, 0.05) is 75.4 Å². The van der Waals surface area contributed by atoms with E-state index in [1.807, 2.05) is 41.5 Å². The summed E-state index contributed by atoms with van der Waals surface area (Å²) in [7, 11) is 9.68. The second-order valence-electron chi connectivity index (χ2n) is 30.9. The van der Waals surface area contributed by atoms with Gasteiger partial charge in [0.25, 0.3) is 5.91 Å². The van der Waals surface area contributed by atoms with Gasteiger partial charge in [0.05, 0.1) is 18.3 Å². The summed E-state index contributed by atoms with van der Waals surface area (Å²) in [6.45, 7) is 38.7. The van der Waals surface area contributed by atoms with Gasteiger partial charge in [-0.2, -0.15) is 0 Å². The van der Waals surface area contributed by atoms with E-state index in [2.05, 4.69) is 53.9 Å².